The first-order valence-corrected chi connectivity index (χ1v) is 14.4. The lowest BCUT2D eigenvalue weighted by atomic mass is 10.0. The summed E-state index contributed by atoms with van der Waals surface area (Å²) in [6.45, 7) is 1.34. The van der Waals surface area contributed by atoms with Crippen LogP contribution in [-0.2, 0) is 25.6 Å². The molecule has 3 rings (SSSR count). The zero-order valence-corrected chi connectivity index (χ0v) is 24.1. The molecule has 15 heteroatoms. The van der Waals surface area contributed by atoms with Gasteiger partial charge < -0.3 is 48.4 Å². The van der Waals surface area contributed by atoms with Crippen LogP contribution in [0.1, 0.15) is 44.1 Å². The third-order valence-corrected chi connectivity index (χ3v) is 7.17. The zero-order chi connectivity index (χ0) is 31.2. The van der Waals surface area contributed by atoms with Crippen molar-refractivity contribution >= 4 is 46.8 Å². The molecule has 1 saturated heterocycles. The van der Waals surface area contributed by atoms with E-state index in [0.29, 0.717) is 32.4 Å². The molecule has 1 aliphatic rings. The second-order valence-corrected chi connectivity index (χ2v) is 10.5. The number of aromatic amines is 1. The van der Waals surface area contributed by atoms with Crippen LogP contribution in [0.5, 0.6) is 0 Å². The molecule has 15 nitrogen and oxygen atoms in total. The Labute approximate surface area is 250 Å². The molecule has 0 saturated carbocycles. The molecule has 1 fully saturated rings. The van der Waals surface area contributed by atoms with Gasteiger partial charge in [-0.05, 0) is 56.7 Å². The van der Waals surface area contributed by atoms with E-state index in [4.69, 9.17) is 22.3 Å². The fraction of sp³-hybridized carbons (Fsp3) is 0.500. The number of hydrogen-bond acceptors (Lipinski definition) is 7. The first-order valence-electron chi connectivity index (χ1n) is 14.4. The van der Waals surface area contributed by atoms with Crippen LogP contribution in [-0.4, -0.2) is 84.7 Å². The number of carbonyl (C=O) groups excluding carboxylic acids is 4. The van der Waals surface area contributed by atoms with Gasteiger partial charge in [0.05, 0.1) is 12.1 Å². The fourth-order valence-corrected chi connectivity index (χ4v) is 4.94. The normalized spacial score (nSPS) is 16.4. The number of rotatable bonds is 17. The van der Waals surface area contributed by atoms with Gasteiger partial charge in [0.2, 0.25) is 24.0 Å². The van der Waals surface area contributed by atoms with Crippen molar-refractivity contribution in [2.45, 2.75) is 69.1 Å². The predicted octanol–water partition coefficient (Wildman–Crippen LogP) is -1.45. The third-order valence-electron chi connectivity index (χ3n) is 7.17. The van der Waals surface area contributed by atoms with Crippen LogP contribution in [0.25, 0.3) is 10.9 Å². The monoisotopic (exact) mass is 596 g/mol. The maximum absolute atomic E-state index is 13.7. The van der Waals surface area contributed by atoms with Gasteiger partial charge in [0.15, 0.2) is 11.9 Å². The van der Waals surface area contributed by atoms with Crippen LogP contribution in [0.15, 0.2) is 30.5 Å². The maximum atomic E-state index is 13.7. The summed E-state index contributed by atoms with van der Waals surface area (Å²) in [6.07, 6.45) is 6.54. The van der Waals surface area contributed by atoms with Gasteiger partial charge in [0.1, 0.15) is 12.1 Å². The van der Waals surface area contributed by atoms with Gasteiger partial charge in [-0.25, -0.2) is 0 Å². The van der Waals surface area contributed by atoms with Crippen LogP contribution in [0.4, 0.5) is 0 Å². The molecule has 1 unspecified atom stereocenters. The number of benzene rings is 1. The molecule has 233 valence electrons. The Kier molecular flexibility index (Phi) is 12.8. The predicted molar refractivity (Wildman–Crippen MR) is 163 cm³/mol. The van der Waals surface area contributed by atoms with Gasteiger partial charge in [0.25, 0.3) is 0 Å². The Hall–Kier alpha value is -4.66. The number of hydrogen-bond donors (Lipinski definition) is 11. The van der Waals surface area contributed by atoms with E-state index < -0.39 is 36.0 Å². The number of nitrogens with two attached hydrogens (primary N) is 2. The Morgan fingerprint density at radius 2 is 1.63 bits per heavy atom. The number of fused-ring (bicyclic) bond motifs is 1. The van der Waals surface area contributed by atoms with Crippen LogP contribution < -0.4 is 43.4 Å². The summed E-state index contributed by atoms with van der Waals surface area (Å²) in [7, 11) is 0. The molecule has 1 aromatic carbocycles. The van der Waals surface area contributed by atoms with Crippen molar-refractivity contribution in [3.63, 3.8) is 0 Å². The minimum absolute atomic E-state index is 0.174. The average molecular weight is 597 g/mol. The second kappa shape index (κ2) is 16.7. The van der Waals surface area contributed by atoms with Crippen molar-refractivity contribution in [2.24, 2.45) is 11.5 Å². The number of carbonyl (C=O) groups is 3. The van der Waals surface area contributed by atoms with Crippen LogP contribution in [0, 0.1) is 10.8 Å². The fourth-order valence-electron chi connectivity index (χ4n) is 4.94. The van der Waals surface area contributed by atoms with Crippen LogP contribution >= 0.6 is 0 Å². The van der Waals surface area contributed by atoms with Gasteiger partial charge >= 0.3 is 0 Å². The smallest absolute Gasteiger partial charge is 0.243 e. The van der Waals surface area contributed by atoms with E-state index in [9.17, 15) is 19.2 Å². The highest BCUT2D eigenvalue weighted by Crippen LogP contribution is 2.19. The molecule has 3 amide bonds. The zero-order valence-electron chi connectivity index (χ0n) is 24.1. The van der Waals surface area contributed by atoms with E-state index in [-0.39, 0.29) is 43.6 Å². The summed E-state index contributed by atoms with van der Waals surface area (Å²) in [4.78, 5) is 54.8. The molecule has 1 radical (unpaired) electrons. The molecule has 4 atom stereocenters. The summed E-state index contributed by atoms with van der Waals surface area (Å²) >= 11 is 0. The number of para-hydroxylation sites is 1. The van der Waals surface area contributed by atoms with E-state index >= 15 is 0 Å². The first-order chi connectivity index (χ1) is 20.7. The molecule has 13 N–H and O–H groups in total. The van der Waals surface area contributed by atoms with Crippen LogP contribution in [0.3, 0.4) is 0 Å². The van der Waals surface area contributed by atoms with Crippen molar-refractivity contribution in [1.82, 2.24) is 36.9 Å². The second-order valence-electron chi connectivity index (χ2n) is 10.5. The van der Waals surface area contributed by atoms with Crippen molar-refractivity contribution in [1.29, 1.82) is 10.8 Å². The van der Waals surface area contributed by atoms with Gasteiger partial charge in [-0.3, -0.25) is 30.0 Å². The average Bonchev–Trinajstić information content (AvgIpc) is 3.66. The lowest BCUT2D eigenvalue weighted by molar-refractivity contribution is -0.132. The Bertz CT molecular complexity index is 1270. The Balaban J connectivity index is 1.75. The molecule has 0 bridgehead atoms. The standard InChI is InChI=1S/C28H42N11O4/c29-27(30)34-12-3-6-18(16-40)37-25(42)22(10-5-13-35-28(31)32)38-26(43)23(39-24(41)21-9-4-11-33-21)14-17-15-36-20-8-2-1-7-19(17)20/h1-2,7-8,15,18,21-23,33,36H,3-6,9-14H2,(H,37,42)(H,38,43)(H,39,41)(H4,29,30,34)(H4,31,32,35)/t18-,21?,22-,23-/m0/s1. The lowest BCUT2D eigenvalue weighted by Crippen LogP contribution is -2.57. The van der Waals surface area contributed by atoms with Gasteiger partial charge in [0, 0.05) is 36.6 Å². The summed E-state index contributed by atoms with van der Waals surface area (Å²) < 4.78 is 0. The lowest BCUT2D eigenvalue weighted by Gasteiger charge is -2.25. The minimum Gasteiger partial charge on any atom is -0.370 e. The van der Waals surface area contributed by atoms with Gasteiger partial charge in [-0.2, -0.15) is 0 Å². The van der Waals surface area contributed by atoms with E-state index in [1.165, 1.54) is 0 Å². The van der Waals surface area contributed by atoms with E-state index in [1.54, 1.807) is 12.5 Å². The minimum atomic E-state index is -1.04. The molecular weight excluding hydrogens is 554 g/mol. The van der Waals surface area contributed by atoms with E-state index in [1.807, 2.05) is 24.3 Å². The van der Waals surface area contributed by atoms with Gasteiger partial charge in [-0.1, -0.05) is 18.2 Å². The summed E-state index contributed by atoms with van der Waals surface area (Å²) in [5, 5.41) is 32.2. The Morgan fingerprint density at radius 1 is 0.953 bits per heavy atom. The molecule has 43 heavy (non-hydrogen) atoms. The quantitative estimate of drug-likeness (QED) is 0.0579. The highest BCUT2D eigenvalue weighted by Gasteiger charge is 2.31. The topological polar surface area (TPSA) is 256 Å². The molecule has 0 aliphatic carbocycles. The Morgan fingerprint density at radius 3 is 2.28 bits per heavy atom. The summed E-state index contributed by atoms with van der Waals surface area (Å²) in [6, 6.07) is 4.27. The highest BCUT2D eigenvalue weighted by molar-refractivity contribution is 5.94. The third kappa shape index (κ3) is 10.6. The largest absolute Gasteiger partial charge is 0.370 e. The van der Waals surface area contributed by atoms with Crippen molar-refractivity contribution in [2.75, 3.05) is 19.6 Å². The van der Waals surface area contributed by atoms with Crippen molar-refractivity contribution in [3.8, 4) is 0 Å². The molecular formula is C28H42N11O4. The number of guanidine groups is 2. The first kappa shape index (κ1) is 32.8. The molecule has 1 aliphatic heterocycles. The number of amides is 3. The molecule has 0 spiro atoms. The number of nitrogens with one attached hydrogen (secondary N) is 9. The molecule has 2 heterocycles. The number of aromatic nitrogens is 1. The van der Waals surface area contributed by atoms with Gasteiger partial charge in [-0.15, -0.1) is 0 Å². The summed E-state index contributed by atoms with van der Waals surface area (Å²) in [5.41, 5.74) is 12.4. The summed E-state index contributed by atoms with van der Waals surface area (Å²) in [5.74, 6) is -1.84. The highest BCUT2D eigenvalue weighted by atomic mass is 16.2. The SMILES string of the molecule is N=C(N)NCCC[C@@H]([C]=O)NC(=O)[C@H](CCCNC(=N)N)NC(=O)[C@H](Cc1c[nH]c2ccccc12)NC(=O)C1CCCN1. The van der Waals surface area contributed by atoms with E-state index in [0.717, 1.165) is 22.9 Å². The molecule has 1 aromatic heterocycles. The number of H-pyrrole nitrogens is 1. The van der Waals surface area contributed by atoms with Crippen LogP contribution in [0.2, 0.25) is 0 Å². The van der Waals surface area contributed by atoms with Crippen molar-refractivity contribution in [3.05, 3.63) is 36.0 Å². The molecule has 2 aromatic rings. The maximum Gasteiger partial charge on any atom is 0.243 e. The van der Waals surface area contributed by atoms with Crippen molar-refractivity contribution < 1.29 is 19.2 Å². The van der Waals surface area contributed by atoms with E-state index in [2.05, 4.69) is 36.9 Å².